The molecule has 2 aromatic rings. The number of ether oxygens (including phenoxy) is 2. The molecule has 1 aromatic heterocycles. The molecule has 0 spiro atoms. The Bertz CT molecular complexity index is 1050. The number of amides is 2. The Balaban J connectivity index is 1.54. The van der Waals surface area contributed by atoms with E-state index in [9.17, 15) is 9.59 Å². The van der Waals surface area contributed by atoms with Crippen molar-refractivity contribution in [2.75, 3.05) is 51.3 Å². The molecular weight excluding hydrogens is 460 g/mol. The third kappa shape index (κ3) is 5.40. The summed E-state index contributed by atoms with van der Waals surface area (Å²) in [5.41, 5.74) is 1.71. The Morgan fingerprint density at radius 2 is 1.85 bits per heavy atom. The average molecular weight is 487 g/mol. The Hall–Kier alpha value is -3.37. The van der Waals surface area contributed by atoms with Gasteiger partial charge in [0.05, 0.1) is 25.3 Å². The van der Waals surface area contributed by atoms with Gasteiger partial charge in [-0.2, -0.15) is 0 Å². The standard InChI is InChI=1S/C23H27ClN6O4/c1-3-34-22(31)20-17(25-23(32)26-21(20)15-4-6-16(33-2)7-5-15)14-29-10-12-30(13-11-29)19-9-8-18(24)27-28-19/h4-9,21H,3,10-14H2,1-2H3,(H2,25,26,32). The van der Waals surface area contributed by atoms with E-state index in [4.69, 9.17) is 21.1 Å². The summed E-state index contributed by atoms with van der Waals surface area (Å²) in [7, 11) is 1.59. The van der Waals surface area contributed by atoms with E-state index in [2.05, 4.69) is 30.6 Å². The van der Waals surface area contributed by atoms with Crippen LogP contribution in [0.3, 0.4) is 0 Å². The first-order valence-electron chi connectivity index (χ1n) is 11.1. The van der Waals surface area contributed by atoms with Gasteiger partial charge in [0.1, 0.15) is 5.75 Å². The van der Waals surface area contributed by atoms with Crippen LogP contribution in [0.2, 0.25) is 5.15 Å². The molecule has 2 aliphatic heterocycles. The van der Waals surface area contributed by atoms with E-state index in [1.807, 2.05) is 18.2 Å². The van der Waals surface area contributed by atoms with Crippen LogP contribution in [-0.2, 0) is 9.53 Å². The minimum atomic E-state index is -0.626. The monoisotopic (exact) mass is 486 g/mol. The summed E-state index contributed by atoms with van der Waals surface area (Å²) in [6, 6.07) is 9.83. The summed E-state index contributed by atoms with van der Waals surface area (Å²) in [6.45, 7) is 5.31. The average Bonchev–Trinajstić information content (AvgIpc) is 2.85. The maximum atomic E-state index is 13.0. The first kappa shape index (κ1) is 23.8. The fraction of sp³-hybridized carbons (Fsp3) is 0.391. The van der Waals surface area contributed by atoms with Gasteiger partial charge in [0.15, 0.2) is 11.0 Å². The molecule has 1 atom stereocenters. The molecular formula is C23H27ClN6O4. The number of benzene rings is 1. The number of aromatic nitrogens is 2. The Kier molecular flexibility index (Phi) is 7.49. The van der Waals surface area contributed by atoms with E-state index in [1.165, 1.54) is 0 Å². The zero-order valence-electron chi connectivity index (χ0n) is 19.1. The highest BCUT2D eigenvalue weighted by molar-refractivity contribution is 6.29. The number of urea groups is 1. The lowest BCUT2D eigenvalue weighted by Gasteiger charge is -2.37. The third-order valence-electron chi connectivity index (χ3n) is 5.79. The maximum absolute atomic E-state index is 13.0. The Morgan fingerprint density at radius 3 is 2.47 bits per heavy atom. The van der Waals surface area contributed by atoms with Crippen LogP contribution in [0.5, 0.6) is 5.75 Å². The highest BCUT2D eigenvalue weighted by Crippen LogP contribution is 2.29. The van der Waals surface area contributed by atoms with Gasteiger partial charge in [0.25, 0.3) is 0 Å². The highest BCUT2D eigenvalue weighted by atomic mass is 35.5. The molecule has 34 heavy (non-hydrogen) atoms. The minimum absolute atomic E-state index is 0.236. The summed E-state index contributed by atoms with van der Waals surface area (Å²) < 4.78 is 10.6. The molecule has 4 rings (SSSR count). The van der Waals surface area contributed by atoms with Crippen LogP contribution < -0.4 is 20.3 Å². The van der Waals surface area contributed by atoms with Crippen LogP contribution in [0.1, 0.15) is 18.5 Å². The predicted molar refractivity (Wildman–Crippen MR) is 127 cm³/mol. The topological polar surface area (TPSA) is 109 Å². The molecule has 0 aliphatic carbocycles. The molecule has 10 nitrogen and oxygen atoms in total. The summed E-state index contributed by atoms with van der Waals surface area (Å²) in [5, 5.41) is 14.1. The van der Waals surface area contributed by atoms with Gasteiger partial charge in [-0.1, -0.05) is 23.7 Å². The van der Waals surface area contributed by atoms with Gasteiger partial charge in [-0.05, 0) is 36.8 Å². The van der Waals surface area contributed by atoms with Gasteiger partial charge >= 0.3 is 12.0 Å². The number of hydrogen-bond donors (Lipinski definition) is 2. The Labute approximate surface area is 202 Å². The van der Waals surface area contributed by atoms with Gasteiger partial charge in [-0.15, -0.1) is 10.2 Å². The van der Waals surface area contributed by atoms with Crippen molar-refractivity contribution < 1.29 is 19.1 Å². The number of piperazine rings is 1. The van der Waals surface area contributed by atoms with Crippen LogP contribution in [0.4, 0.5) is 10.6 Å². The molecule has 1 saturated heterocycles. The van der Waals surface area contributed by atoms with E-state index >= 15 is 0 Å². The summed E-state index contributed by atoms with van der Waals surface area (Å²) in [5.74, 6) is 1.00. The number of anilines is 1. The van der Waals surface area contributed by atoms with Crippen molar-refractivity contribution in [2.24, 2.45) is 0 Å². The van der Waals surface area contributed by atoms with Crippen molar-refractivity contribution in [1.29, 1.82) is 0 Å². The molecule has 1 unspecified atom stereocenters. The van der Waals surface area contributed by atoms with Gasteiger partial charge in [-0.3, -0.25) is 4.90 Å². The first-order chi connectivity index (χ1) is 16.5. The predicted octanol–water partition coefficient (Wildman–Crippen LogP) is 2.13. The summed E-state index contributed by atoms with van der Waals surface area (Å²) in [6.07, 6.45) is 0. The van der Waals surface area contributed by atoms with Crippen molar-refractivity contribution in [1.82, 2.24) is 25.7 Å². The summed E-state index contributed by atoms with van der Waals surface area (Å²) in [4.78, 5) is 29.8. The van der Waals surface area contributed by atoms with Crippen molar-refractivity contribution in [3.05, 3.63) is 58.4 Å². The van der Waals surface area contributed by atoms with Gasteiger partial charge < -0.3 is 25.0 Å². The van der Waals surface area contributed by atoms with Gasteiger partial charge in [0.2, 0.25) is 0 Å². The lowest BCUT2D eigenvalue weighted by Crippen LogP contribution is -2.52. The number of hydrogen-bond acceptors (Lipinski definition) is 8. The lowest BCUT2D eigenvalue weighted by molar-refractivity contribution is -0.139. The molecule has 3 heterocycles. The third-order valence-corrected chi connectivity index (χ3v) is 6.00. The number of carbonyl (C=O) groups is 2. The molecule has 1 aromatic carbocycles. The SMILES string of the molecule is CCOC(=O)C1=C(CN2CCN(c3ccc(Cl)nn3)CC2)NC(=O)NC1c1ccc(OC)cc1. The number of methoxy groups -OCH3 is 1. The number of carbonyl (C=O) groups excluding carboxylic acids is 2. The fourth-order valence-electron chi connectivity index (χ4n) is 4.08. The van der Waals surface area contributed by atoms with Crippen LogP contribution >= 0.6 is 11.6 Å². The smallest absolute Gasteiger partial charge is 0.338 e. The maximum Gasteiger partial charge on any atom is 0.338 e. The zero-order chi connectivity index (χ0) is 24.1. The normalized spacial score (nSPS) is 18.9. The van der Waals surface area contributed by atoms with Crippen LogP contribution in [0.15, 0.2) is 47.7 Å². The van der Waals surface area contributed by atoms with Crippen molar-refractivity contribution >= 4 is 29.4 Å². The molecule has 2 N–H and O–H groups in total. The second-order valence-electron chi connectivity index (χ2n) is 7.89. The van der Waals surface area contributed by atoms with Crippen molar-refractivity contribution in [3.8, 4) is 5.75 Å². The zero-order valence-corrected chi connectivity index (χ0v) is 19.8. The molecule has 2 amide bonds. The number of nitrogens with zero attached hydrogens (tertiary/aromatic N) is 4. The molecule has 0 bridgehead atoms. The largest absolute Gasteiger partial charge is 0.497 e. The molecule has 2 aliphatic rings. The van der Waals surface area contributed by atoms with Gasteiger partial charge in [-0.25, -0.2) is 9.59 Å². The van der Waals surface area contributed by atoms with Crippen molar-refractivity contribution in [3.63, 3.8) is 0 Å². The van der Waals surface area contributed by atoms with E-state index in [-0.39, 0.29) is 12.6 Å². The van der Waals surface area contributed by atoms with Gasteiger partial charge in [0, 0.05) is 38.4 Å². The molecule has 180 valence electrons. The number of rotatable bonds is 7. The molecule has 11 heteroatoms. The number of nitrogens with one attached hydrogen (secondary N) is 2. The number of esters is 1. The summed E-state index contributed by atoms with van der Waals surface area (Å²) >= 11 is 5.84. The fourth-order valence-corrected chi connectivity index (χ4v) is 4.18. The second kappa shape index (κ2) is 10.7. The minimum Gasteiger partial charge on any atom is -0.497 e. The first-order valence-corrected chi connectivity index (χ1v) is 11.4. The molecule has 0 radical (unpaired) electrons. The van der Waals surface area contributed by atoms with Crippen LogP contribution in [0, 0.1) is 0 Å². The van der Waals surface area contributed by atoms with E-state index < -0.39 is 12.0 Å². The second-order valence-corrected chi connectivity index (χ2v) is 8.28. The van der Waals surface area contributed by atoms with Crippen LogP contribution in [-0.4, -0.2) is 73.5 Å². The quantitative estimate of drug-likeness (QED) is 0.573. The van der Waals surface area contributed by atoms with E-state index in [0.29, 0.717) is 28.7 Å². The molecule has 1 fully saturated rings. The van der Waals surface area contributed by atoms with Crippen LogP contribution in [0.25, 0.3) is 0 Å². The Morgan fingerprint density at radius 1 is 1.12 bits per heavy atom. The number of halogens is 1. The lowest BCUT2D eigenvalue weighted by atomic mass is 9.94. The van der Waals surface area contributed by atoms with E-state index in [0.717, 1.165) is 37.6 Å². The van der Waals surface area contributed by atoms with E-state index in [1.54, 1.807) is 32.2 Å². The molecule has 0 saturated carbocycles. The highest BCUT2D eigenvalue weighted by Gasteiger charge is 2.34. The van der Waals surface area contributed by atoms with Crippen molar-refractivity contribution in [2.45, 2.75) is 13.0 Å².